The zero-order valence-corrected chi connectivity index (χ0v) is 14.4. The van der Waals surface area contributed by atoms with E-state index in [4.69, 9.17) is 14.2 Å². The SMILES string of the molecule is COc1cc(/C=C\c2cc(CO)c(CO)c(OC)c2)cc(OC)c1O. The summed E-state index contributed by atoms with van der Waals surface area (Å²) >= 11 is 0. The van der Waals surface area contributed by atoms with Crippen LogP contribution in [-0.4, -0.2) is 36.6 Å². The molecule has 0 aliphatic heterocycles. The van der Waals surface area contributed by atoms with Crippen molar-refractivity contribution in [1.82, 2.24) is 0 Å². The first-order valence-corrected chi connectivity index (χ1v) is 7.62. The topological polar surface area (TPSA) is 88.4 Å². The average molecular weight is 346 g/mol. The van der Waals surface area contributed by atoms with Crippen LogP contribution in [-0.2, 0) is 13.2 Å². The van der Waals surface area contributed by atoms with Gasteiger partial charge in [-0.25, -0.2) is 0 Å². The molecule has 134 valence electrons. The van der Waals surface area contributed by atoms with Gasteiger partial charge in [-0.15, -0.1) is 0 Å². The third kappa shape index (κ3) is 4.04. The maximum atomic E-state index is 9.95. The van der Waals surface area contributed by atoms with Crippen molar-refractivity contribution in [3.05, 3.63) is 46.5 Å². The van der Waals surface area contributed by atoms with Crippen LogP contribution >= 0.6 is 0 Å². The van der Waals surface area contributed by atoms with Crippen LogP contribution in [0, 0.1) is 0 Å². The van der Waals surface area contributed by atoms with Gasteiger partial charge in [0, 0.05) is 5.56 Å². The molecular weight excluding hydrogens is 324 g/mol. The molecule has 0 spiro atoms. The molecule has 0 aliphatic rings. The summed E-state index contributed by atoms with van der Waals surface area (Å²) in [6.45, 7) is -0.412. The fourth-order valence-electron chi connectivity index (χ4n) is 2.53. The second kappa shape index (κ2) is 8.41. The van der Waals surface area contributed by atoms with Gasteiger partial charge in [0.15, 0.2) is 11.5 Å². The van der Waals surface area contributed by atoms with E-state index in [0.29, 0.717) is 28.4 Å². The molecule has 0 atom stereocenters. The summed E-state index contributed by atoms with van der Waals surface area (Å²) in [5, 5.41) is 28.9. The van der Waals surface area contributed by atoms with Crippen molar-refractivity contribution in [3.63, 3.8) is 0 Å². The van der Waals surface area contributed by atoms with Crippen LogP contribution < -0.4 is 14.2 Å². The average Bonchev–Trinajstić information content (AvgIpc) is 2.65. The number of phenolic OH excluding ortho intramolecular Hbond substituents is 1. The quantitative estimate of drug-likeness (QED) is 0.668. The normalized spacial score (nSPS) is 10.9. The lowest BCUT2D eigenvalue weighted by atomic mass is 10.0. The van der Waals surface area contributed by atoms with Crippen LogP contribution in [0.5, 0.6) is 23.0 Å². The number of ether oxygens (including phenoxy) is 3. The highest BCUT2D eigenvalue weighted by molar-refractivity contribution is 5.73. The molecule has 0 aliphatic carbocycles. The third-order valence-electron chi connectivity index (χ3n) is 3.84. The lowest BCUT2D eigenvalue weighted by molar-refractivity contribution is 0.254. The Morgan fingerprint density at radius 1 is 0.760 bits per heavy atom. The fourth-order valence-corrected chi connectivity index (χ4v) is 2.53. The third-order valence-corrected chi connectivity index (χ3v) is 3.84. The number of rotatable bonds is 7. The maximum Gasteiger partial charge on any atom is 0.200 e. The Balaban J connectivity index is 2.42. The standard InChI is InChI=1S/C19H22O6/c1-23-16-7-12(6-14(10-20)15(16)11-21)4-5-13-8-17(24-2)19(22)18(9-13)25-3/h4-9,20-22H,10-11H2,1-3H3/b5-4-. The van der Waals surface area contributed by atoms with Gasteiger partial charge < -0.3 is 29.5 Å². The second-order valence-corrected chi connectivity index (χ2v) is 5.28. The first-order chi connectivity index (χ1) is 12.1. The molecular formula is C19H22O6. The summed E-state index contributed by atoms with van der Waals surface area (Å²) in [5.41, 5.74) is 2.73. The summed E-state index contributed by atoms with van der Waals surface area (Å²) < 4.78 is 15.6. The highest BCUT2D eigenvalue weighted by Gasteiger charge is 2.11. The molecule has 0 amide bonds. The second-order valence-electron chi connectivity index (χ2n) is 5.28. The van der Waals surface area contributed by atoms with Crippen molar-refractivity contribution in [3.8, 4) is 23.0 Å². The Morgan fingerprint density at radius 3 is 1.68 bits per heavy atom. The van der Waals surface area contributed by atoms with E-state index in [-0.39, 0.29) is 19.0 Å². The Bertz CT molecular complexity index is 716. The molecule has 0 aromatic heterocycles. The summed E-state index contributed by atoms with van der Waals surface area (Å²) in [7, 11) is 4.45. The number of benzene rings is 2. The molecule has 0 heterocycles. The van der Waals surface area contributed by atoms with Crippen molar-refractivity contribution in [1.29, 1.82) is 0 Å². The van der Waals surface area contributed by atoms with E-state index in [2.05, 4.69) is 0 Å². The highest BCUT2D eigenvalue weighted by Crippen LogP contribution is 2.37. The smallest absolute Gasteiger partial charge is 0.200 e. The monoisotopic (exact) mass is 346 g/mol. The number of hydrogen-bond acceptors (Lipinski definition) is 6. The van der Waals surface area contributed by atoms with Crippen molar-refractivity contribution in [2.75, 3.05) is 21.3 Å². The lowest BCUT2D eigenvalue weighted by Crippen LogP contribution is -1.99. The Morgan fingerprint density at radius 2 is 1.24 bits per heavy atom. The molecule has 6 heteroatoms. The zero-order valence-electron chi connectivity index (χ0n) is 14.4. The van der Waals surface area contributed by atoms with E-state index < -0.39 is 0 Å². The van der Waals surface area contributed by atoms with E-state index >= 15 is 0 Å². The lowest BCUT2D eigenvalue weighted by Gasteiger charge is -2.12. The number of hydrogen-bond donors (Lipinski definition) is 3. The van der Waals surface area contributed by atoms with Gasteiger partial charge in [-0.05, 0) is 41.0 Å². The molecule has 2 aromatic carbocycles. The Kier molecular flexibility index (Phi) is 6.27. The number of phenols is 1. The first-order valence-electron chi connectivity index (χ1n) is 7.62. The van der Waals surface area contributed by atoms with E-state index in [9.17, 15) is 15.3 Å². The van der Waals surface area contributed by atoms with E-state index in [1.54, 1.807) is 24.3 Å². The first kappa shape index (κ1) is 18.6. The van der Waals surface area contributed by atoms with E-state index in [1.165, 1.54) is 21.3 Å². The van der Waals surface area contributed by atoms with Gasteiger partial charge in [0.1, 0.15) is 5.75 Å². The summed E-state index contributed by atoms with van der Waals surface area (Å²) in [5.74, 6) is 1.07. The zero-order chi connectivity index (χ0) is 18.4. The molecule has 0 unspecified atom stereocenters. The number of aliphatic hydroxyl groups excluding tert-OH is 2. The number of methoxy groups -OCH3 is 3. The predicted molar refractivity (Wildman–Crippen MR) is 95.0 cm³/mol. The molecule has 2 aromatic rings. The molecule has 0 fully saturated rings. The summed E-state index contributed by atoms with van der Waals surface area (Å²) in [6, 6.07) is 6.91. The van der Waals surface area contributed by atoms with E-state index in [0.717, 1.165) is 11.1 Å². The van der Waals surface area contributed by atoms with Crippen molar-refractivity contribution < 1.29 is 29.5 Å². The largest absolute Gasteiger partial charge is 0.502 e. The van der Waals surface area contributed by atoms with Crippen molar-refractivity contribution in [2.24, 2.45) is 0 Å². The van der Waals surface area contributed by atoms with Crippen LogP contribution in [0.25, 0.3) is 12.2 Å². The molecule has 0 radical (unpaired) electrons. The minimum absolute atomic E-state index is 0.0568. The van der Waals surface area contributed by atoms with Crippen LogP contribution in [0.3, 0.4) is 0 Å². The molecule has 6 nitrogen and oxygen atoms in total. The molecule has 2 rings (SSSR count). The van der Waals surface area contributed by atoms with Gasteiger partial charge >= 0.3 is 0 Å². The molecule has 3 N–H and O–H groups in total. The summed E-state index contributed by atoms with van der Waals surface area (Å²) in [6.07, 6.45) is 3.65. The highest BCUT2D eigenvalue weighted by atomic mass is 16.5. The van der Waals surface area contributed by atoms with Crippen molar-refractivity contribution >= 4 is 12.2 Å². The van der Waals surface area contributed by atoms with Crippen LogP contribution in [0.2, 0.25) is 0 Å². The minimum Gasteiger partial charge on any atom is -0.502 e. The van der Waals surface area contributed by atoms with Crippen molar-refractivity contribution in [2.45, 2.75) is 13.2 Å². The minimum atomic E-state index is -0.213. The molecule has 0 bridgehead atoms. The summed E-state index contributed by atoms with van der Waals surface area (Å²) in [4.78, 5) is 0. The van der Waals surface area contributed by atoms with Crippen LogP contribution in [0.4, 0.5) is 0 Å². The van der Waals surface area contributed by atoms with Crippen LogP contribution in [0.1, 0.15) is 22.3 Å². The van der Waals surface area contributed by atoms with Gasteiger partial charge in [0.2, 0.25) is 5.75 Å². The van der Waals surface area contributed by atoms with Gasteiger partial charge in [-0.2, -0.15) is 0 Å². The van der Waals surface area contributed by atoms with Gasteiger partial charge in [0.05, 0.1) is 34.5 Å². The maximum absolute atomic E-state index is 9.95. The number of aromatic hydroxyl groups is 1. The number of aliphatic hydroxyl groups is 2. The van der Waals surface area contributed by atoms with Crippen LogP contribution in [0.15, 0.2) is 24.3 Å². The van der Waals surface area contributed by atoms with Gasteiger partial charge in [-0.3, -0.25) is 0 Å². The Labute approximate surface area is 146 Å². The molecule has 25 heavy (non-hydrogen) atoms. The predicted octanol–water partition coefficient (Wildman–Crippen LogP) is 2.57. The van der Waals surface area contributed by atoms with Gasteiger partial charge in [-0.1, -0.05) is 12.2 Å². The Hall–Kier alpha value is -2.70. The van der Waals surface area contributed by atoms with E-state index in [1.807, 2.05) is 12.2 Å². The fraction of sp³-hybridized carbons (Fsp3) is 0.263. The molecule has 0 saturated heterocycles. The molecule has 0 saturated carbocycles. The van der Waals surface area contributed by atoms with Gasteiger partial charge in [0.25, 0.3) is 0 Å².